The number of nitrogens with zero attached hydrogens (tertiary/aromatic N) is 1. The fourth-order valence-corrected chi connectivity index (χ4v) is 6.04. The first kappa shape index (κ1) is 22.0. The highest BCUT2D eigenvalue weighted by molar-refractivity contribution is 7.93. The zero-order valence-electron chi connectivity index (χ0n) is 16.1. The number of benzene rings is 2. The van der Waals surface area contributed by atoms with Crippen LogP contribution in [0.1, 0.15) is 24.6 Å². The average molecular weight is 472 g/mol. The number of thiophene rings is 1. The van der Waals surface area contributed by atoms with E-state index in [4.69, 9.17) is 0 Å². The molecule has 12 heteroatoms. The van der Waals surface area contributed by atoms with Gasteiger partial charge < -0.3 is 0 Å². The van der Waals surface area contributed by atoms with E-state index in [-0.39, 0.29) is 24.0 Å². The zero-order chi connectivity index (χ0) is 22.1. The molecule has 1 fully saturated rings. The van der Waals surface area contributed by atoms with Crippen molar-refractivity contribution in [2.45, 2.75) is 30.1 Å². The molecule has 0 bridgehead atoms. The van der Waals surface area contributed by atoms with E-state index >= 15 is 0 Å². The van der Waals surface area contributed by atoms with Crippen LogP contribution in [0.5, 0.6) is 0 Å². The Labute approximate surface area is 181 Å². The van der Waals surface area contributed by atoms with Crippen LogP contribution >= 0.6 is 11.3 Å². The molecule has 0 radical (unpaired) electrons. The van der Waals surface area contributed by atoms with Crippen molar-refractivity contribution >= 4 is 36.4 Å². The molecule has 166 valence electrons. The van der Waals surface area contributed by atoms with Gasteiger partial charge in [-0.2, -0.15) is 24.2 Å². The second-order valence-corrected chi connectivity index (χ2v) is 9.88. The summed E-state index contributed by atoms with van der Waals surface area (Å²) >= 11 is 1.24. The highest BCUT2D eigenvalue weighted by Crippen LogP contribution is 2.36. The van der Waals surface area contributed by atoms with Gasteiger partial charge in [0.25, 0.3) is 10.0 Å². The summed E-state index contributed by atoms with van der Waals surface area (Å²) in [5, 5.41) is 1.23. The Morgan fingerprint density at radius 1 is 1.00 bits per heavy atom. The van der Waals surface area contributed by atoms with Crippen LogP contribution < -0.4 is 26.2 Å². The first-order valence-electron chi connectivity index (χ1n) is 9.43. The number of anilines is 1. The molecule has 0 saturated carbocycles. The first-order valence-corrected chi connectivity index (χ1v) is 11.7. The van der Waals surface area contributed by atoms with Crippen molar-refractivity contribution in [2.24, 2.45) is 0 Å². The van der Waals surface area contributed by atoms with Crippen LogP contribution in [-0.2, 0) is 10.0 Å². The monoisotopic (exact) mass is 471 g/mol. The third kappa shape index (κ3) is 5.00. The molecule has 0 amide bonds. The number of hydrogen-bond acceptors (Lipinski definition) is 7. The fraction of sp³-hybridized carbons (Fsp3) is 0.263. The third-order valence-electron chi connectivity index (χ3n) is 4.78. The van der Waals surface area contributed by atoms with E-state index in [2.05, 4.69) is 21.9 Å². The quantitative estimate of drug-likeness (QED) is 0.422. The highest BCUT2D eigenvalue weighted by Gasteiger charge is 2.30. The van der Waals surface area contributed by atoms with Crippen molar-refractivity contribution in [2.75, 3.05) is 10.8 Å². The predicted octanol–water partition coefficient (Wildman–Crippen LogP) is 3.55. The molecule has 4 rings (SSSR count). The van der Waals surface area contributed by atoms with Crippen LogP contribution in [0.25, 0.3) is 10.1 Å². The van der Waals surface area contributed by atoms with Crippen LogP contribution in [0, 0.1) is 0 Å². The van der Waals surface area contributed by atoms with E-state index in [9.17, 15) is 21.6 Å². The maximum Gasteiger partial charge on any atom is 0.389 e. The van der Waals surface area contributed by atoms with Crippen molar-refractivity contribution in [3.05, 3.63) is 60.2 Å². The summed E-state index contributed by atoms with van der Waals surface area (Å²) in [5.74, 6) is 0. The molecule has 7 nitrogen and oxygen atoms in total. The van der Waals surface area contributed by atoms with Gasteiger partial charge >= 0.3 is 6.18 Å². The van der Waals surface area contributed by atoms with Gasteiger partial charge in [0.2, 0.25) is 0 Å². The number of nitrogens with one attached hydrogen (secondary N) is 4. The molecule has 0 aliphatic carbocycles. The predicted molar refractivity (Wildman–Crippen MR) is 113 cm³/mol. The van der Waals surface area contributed by atoms with Gasteiger partial charge in [-0.25, -0.2) is 19.3 Å². The molecule has 0 spiro atoms. The van der Waals surface area contributed by atoms with Crippen LogP contribution in [0.2, 0.25) is 0 Å². The number of halogens is 3. The molecule has 1 aliphatic heterocycles. The van der Waals surface area contributed by atoms with Gasteiger partial charge in [-0.15, -0.1) is 11.3 Å². The lowest BCUT2D eigenvalue weighted by Crippen LogP contribution is -2.33. The molecule has 3 aromatic rings. The minimum Gasteiger partial charge on any atom is -0.257 e. The van der Waals surface area contributed by atoms with Crippen LogP contribution in [0.3, 0.4) is 0 Å². The van der Waals surface area contributed by atoms with Gasteiger partial charge in [0.1, 0.15) is 11.2 Å². The number of alkyl halides is 3. The molecule has 1 saturated heterocycles. The van der Waals surface area contributed by atoms with Gasteiger partial charge in [0.15, 0.2) is 0 Å². The third-order valence-corrected chi connectivity index (χ3v) is 7.86. The Balaban J connectivity index is 1.65. The standard InChI is InChI=1S/C19H20F3N5O2S2/c20-19(21,22)10-3-11-27(17-12-14-4-1-2-5-16(14)30-17)31(28,29)15-8-6-13(7-9-15)18-23-25-26-24-18/h1-2,4-9,12,18,23-26H,3,10-11H2. The Bertz CT molecular complexity index is 1110. The maximum atomic E-state index is 13.4. The van der Waals surface area contributed by atoms with E-state index in [0.717, 1.165) is 20.0 Å². The van der Waals surface area contributed by atoms with E-state index in [1.54, 1.807) is 18.2 Å². The van der Waals surface area contributed by atoms with E-state index < -0.39 is 22.6 Å². The lowest BCUT2D eigenvalue weighted by molar-refractivity contribution is -0.134. The molecule has 1 aromatic heterocycles. The summed E-state index contributed by atoms with van der Waals surface area (Å²) in [5.41, 5.74) is 11.9. The van der Waals surface area contributed by atoms with Crippen molar-refractivity contribution in [3.63, 3.8) is 0 Å². The molecule has 0 atom stereocenters. The second-order valence-electron chi connectivity index (χ2n) is 6.96. The molecule has 31 heavy (non-hydrogen) atoms. The molecular weight excluding hydrogens is 451 g/mol. The van der Waals surface area contributed by atoms with Crippen molar-refractivity contribution in [1.29, 1.82) is 0 Å². The Morgan fingerprint density at radius 3 is 2.32 bits per heavy atom. The van der Waals surface area contributed by atoms with Gasteiger partial charge in [-0.3, -0.25) is 4.31 Å². The summed E-state index contributed by atoms with van der Waals surface area (Å²) in [6.45, 7) is -0.268. The minimum atomic E-state index is -4.35. The molecule has 2 heterocycles. The topological polar surface area (TPSA) is 85.5 Å². The lowest BCUT2D eigenvalue weighted by atomic mass is 10.2. The Hall–Kier alpha value is -2.22. The Morgan fingerprint density at radius 2 is 1.68 bits per heavy atom. The Kier molecular flexibility index (Phi) is 6.19. The van der Waals surface area contributed by atoms with Gasteiger partial charge in [-0.05, 0) is 41.6 Å². The van der Waals surface area contributed by atoms with Gasteiger partial charge in [0, 0.05) is 17.7 Å². The SMILES string of the molecule is O=S(=O)(c1ccc(C2NNNN2)cc1)N(CCCC(F)(F)F)c1cc2ccccc2s1. The summed E-state index contributed by atoms with van der Waals surface area (Å²) in [4.78, 5) is 0.0135. The maximum absolute atomic E-state index is 13.4. The van der Waals surface area contributed by atoms with Crippen molar-refractivity contribution in [1.82, 2.24) is 21.9 Å². The zero-order valence-corrected chi connectivity index (χ0v) is 17.7. The second kappa shape index (κ2) is 8.73. The minimum absolute atomic E-state index is 0.0135. The van der Waals surface area contributed by atoms with Crippen LogP contribution in [0.15, 0.2) is 59.5 Å². The summed E-state index contributed by atoms with van der Waals surface area (Å²) < 4.78 is 66.8. The van der Waals surface area contributed by atoms with Crippen molar-refractivity contribution in [3.8, 4) is 0 Å². The number of hydrogen-bond donors (Lipinski definition) is 4. The van der Waals surface area contributed by atoms with Crippen LogP contribution in [0.4, 0.5) is 18.2 Å². The van der Waals surface area contributed by atoms with Gasteiger partial charge in [-0.1, -0.05) is 30.3 Å². The summed E-state index contributed by atoms with van der Waals surface area (Å²) in [6.07, 6.45) is -5.99. The molecule has 2 aromatic carbocycles. The largest absolute Gasteiger partial charge is 0.389 e. The van der Waals surface area contributed by atoms with E-state index in [1.165, 1.54) is 23.5 Å². The summed E-state index contributed by atoms with van der Waals surface area (Å²) in [7, 11) is -4.06. The molecule has 0 unspecified atom stereocenters. The molecular formula is C19H20F3N5O2S2. The lowest BCUT2D eigenvalue weighted by Gasteiger charge is -2.23. The number of sulfonamides is 1. The average Bonchev–Trinajstić information content (AvgIpc) is 3.40. The number of fused-ring (bicyclic) bond motifs is 1. The fourth-order valence-electron chi connectivity index (χ4n) is 3.24. The van der Waals surface area contributed by atoms with E-state index in [0.29, 0.717) is 5.00 Å². The number of rotatable bonds is 7. The van der Waals surface area contributed by atoms with Gasteiger partial charge in [0.05, 0.1) is 4.90 Å². The number of hydrazine groups is 3. The van der Waals surface area contributed by atoms with Crippen LogP contribution in [-0.4, -0.2) is 21.1 Å². The molecule has 1 aliphatic rings. The highest BCUT2D eigenvalue weighted by atomic mass is 32.2. The van der Waals surface area contributed by atoms with Crippen molar-refractivity contribution < 1.29 is 21.6 Å². The van der Waals surface area contributed by atoms with E-state index in [1.807, 2.05) is 24.3 Å². The molecule has 4 N–H and O–H groups in total. The normalized spacial score (nSPS) is 15.6. The smallest absolute Gasteiger partial charge is 0.257 e. The first-order chi connectivity index (χ1) is 14.7. The summed E-state index contributed by atoms with van der Waals surface area (Å²) in [6, 6.07) is 15.2.